The smallest absolute Gasteiger partial charge is 0.182 e. The lowest BCUT2D eigenvalue weighted by Crippen LogP contribution is -2.48. The number of hydrogen-bond acceptors (Lipinski definition) is 7. The van der Waals surface area contributed by atoms with Crippen molar-refractivity contribution in [2.75, 3.05) is 13.2 Å². The molecule has 8 nitrogen and oxygen atoms in total. The number of hydrogen-bond donors (Lipinski definition) is 0. The first kappa shape index (κ1) is 19.0. The molecular weight excluding hydrogens is 332 g/mol. The van der Waals surface area contributed by atoms with E-state index in [1.54, 1.807) is 0 Å². The zero-order valence-corrected chi connectivity index (χ0v) is 15.8. The van der Waals surface area contributed by atoms with Crippen molar-refractivity contribution >= 4 is 15.6 Å². The molecule has 1 aromatic heterocycles. The van der Waals surface area contributed by atoms with E-state index in [0.29, 0.717) is 26.1 Å². The highest BCUT2D eigenvalue weighted by molar-refractivity contribution is 7.94. The van der Waals surface area contributed by atoms with Gasteiger partial charge in [-0.1, -0.05) is 0 Å². The van der Waals surface area contributed by atoms with Crippen LogP contribution in [0.4, 0.5) is 0 Å². The predicted octanol–water partition coefficient (Wildman–Crippen LogP) is 0.912. The third kappa shape index (κ3) is 3.66. The third-order valence-corrected chi connectivity index (χ3v) is 7.36. The first-order chi connectivity index (χ1) is 11.0. The Hall–Kier alpha value is -1.35. The summed E-state index contributed by atoms with van der Waals surface area (Å²) in [6.45, 7) is 9.51. The maximum Gasteiger partial charge on any atom is 0.182 e. The normalized spacial score (nSPS) is 17.9. The molecule has 0 bridgehead atoms. The van der Waals surface area contributed by atoms with E-state index in [9.17, 15) is 13.2 Å². The van der Waals surface area contributed by atoms with Gasteiger partial charge < -0.3 is 4.74 Å². The molecule has 0 aliphatic carbocycles. The molecule has 0 saturated carbocycles. The van der Waals surface area contributed by atoms with Gasteiger partial charge in [-0.25, -0.2) is 8.42 Å². The van der Waals surface area contributed by atoms with Gasteiger partial charge in [0.05, 0.1) is 17.2 Å². The molecule has 1 saturated heterocycles. The summed E-state index contributed by atoms with van der Waals surface area (Å²) >= 11 is 0. The van der Waals surface area contributed by atoms with Crippen LogP contribution in [0.15, 0.2) is 0 Å². The van der Waals surface area contributed by atoms with Gasteiger partial charge in [-0.2, -0.15) is 4.80 Å². The average Bonchev–Trinajstić information content (AvgIpc) is 2.96. The zero-order valence-electron chi connectivity index (χ0n) is 14.9. The summed E-state index contributed by atoms with van der Waals surface area (Å²) in [5, 5.41) is 11.5. The maximum absolute atomic E-state index is 12.9. The Morgan fingerprint density at radius 1 is 1.21 bits per heavy atom. The van der Waals surface area contributed by atoms with Crippen LogP contribution in [0.1, 0.15) is 53.3 Å². The number of nitrogens with zero attached hydrogens (tertiary/aromatic N) is 4. The van der Waals surface area contributed by atoms with Crippen LogP contribution < -0.4 is 0 Å². The minimum atomic E-state index is -3.61. The number of carbonyl (C=O) groups is 1. The molecule has 136 valence electrons. The van der Waals surface area contributed by atoms with Gasteiger partial charge in [0.1, 0.15) is 4.75 Å². The molecule has 0 radical (unpaired) electrons. The van der Waals surface area contributed by atoms with E-state index in [1.165, 1.54) is 18.6 Å². The van der Waals surface area contributed by atoms with Crippen LogP contribution in [-0.4, -0.2) is 57.6 Å². The highest BCUT2D eigenvalue weighted by Crippen LogP contribution is 2.29. The molecule has 1 aliphatic rings. The summed E-state index contributed by atoms with van der Waals surface area (Å²) in [5.74, 6) is -0.173. The Kier molecular flexibility index (Phi) is 5.15. The molecule has 0 unspecified atom stereocenters. The molecule has 0 N–H and O–H groups in total. The molecule has 0 atom stereocenters. The van der Waals surface area contributed by atoms with Gasteiger partial charge in [-0.15, -0.1) is 10.2 Å². The van der Waals surface area contributed by atoms with E-state index < -0.39 is 25.6 Å². The first-order valence-electron chi connectivity index (χ1n) is 8.10. The largest absolute Gasteiger partial charge is 0.381 e. The van der Waals surface area contributed by atoms with Crippen molar-refractivity contribution in [2.45, 2.75) is 69.4 Å². The Morgan fingerprint density at radius 3 is 2.29 bits per heavy atom. The van der Waals surface area contributed by atoms with Gasteiger partial charge in [0.2, 0.25) is 0 Å². The highest BCUT2D eigenvalue weighted by Gasteiger charge is 2.46. The van der Waals surface area contributed by atoms with Gasteiger partial charge in [0.15, 0.2) is 21.4 Å². The van der Waals surface area contributed by atoms with Crippen LogP contribution in [0.5, 0.6) is 0 Å². The number of ketones is 1. The topological polar surface area (TPSA) is 104 Å². The summed E-state index contributed by atoms with van der Waals surface area (Å²) in [5.41, 5.74) is -0.349. The van der Waals surface area contributed by atoms with Gasteiger partial charge >= 0.3 is 0 Å². The summed E-state index contributed by atoms with van der Waals surface area (Å²) < 4.78 is 29.5. The van der Waals surface area contributed by atoms with Crippen molar-refractivity contribution in [2.24, 2.45) is 0 Å². The number of sulfone groups is 1. The second kappa shape index (κ2) is 6.51. The number of aromatic nitrogens is 4. The second-order valence-electron chi connectivity index (χ2n) is 7.63. The number of carbonyl (C=O) groups excluding carboxylic acids is 1. The van der Waals surface area contributed by atoms with Crippen LogP contribution >= 0.6 is 0 Å². The molecule has 9 heteroatoms. The number of rotatable bonds is 5. The maximum atomic E-state index is 12.9. The average molecular weight is 358 g/mol. The minimum absolute atomic E-state index is 0.147. The van der Waals surface area contributed by atoms with Crippen molar-refractivity contribution in [3.63, 3.8) is 0 Å². The lowest BCUT2D eigenvalue weighted by molar-refractivity contribution is -0.120. The SMILES string of the molecule is CC(C)(C)n1nnc(CC(=O)C(C)(C)S(=O)(=O)C2CCOCC2)n1. The van der Waals surface area contributed by atoms with Gasteiger partial charge in [0, 0.05) is 13.2 Å². The summed E-state index contributed by atoms with van der Waals surface area (Å²) in [6.07, 6.45) is 0.709. The van der Waals surface area contributed by atoms with Crippen molar-refractivity contribution in [1.82, 2.24) is 20.2 Å². The molecule has 2 heterocycles. The Labute approximate surface area is 142 Å². The molecule has 1 aromatic rings. The molecule has 1 fully saturated rings. The van der Waals surface area contributed by atoms with Gasteiger partial charge in [-0.3, -0.25) is 4.79 Å². The van der Waals surface area contributed by atoms with Crippen LogP contribution in [0, 0.1) is 0 Å². The summed E-state index contributed by atoms with van der Waals surface area (Å²) in [4.78, 5) is 14.1. The Balaban J connectivity index is 2.16. The van der Waals surface area contributed by atoms with Crippen LogP contribution in [0.3, 0.4) is 0 Å². The lowest BCUT2D eigenvalue weighted by Gasteiger charge is -2.30. The monoisotopic (exact) mass is 358 g/mol. The standard InChI is InChI=1S/C15H26N4O4S/c1-14(2,3)19-17-13(16-18-19)10-12(20)15(4,5)24(21,22)11-6-8-23-9-7-11/h11H,6-10H2,1-5H3. The van der Waals surface area contributed by atoms with Crippen LogP contribution in [0.25, 0.3) is 0 Å². The van der Waals surface area contributed by atoms with Crippen molar-refractivity contribution < 1.29 is 17.9 Å². The van der Waals surface area contributed by atoms with Crippen LogP contribution in [0.2, 0.25) is 0 Å². The Bertz CT molecular complexity index is 697. The van der Waals surface area contributed by atoms with Gasteiger partial charge in [0.25, 0.3) is 0 Å². The fraction of sp³-hybridized carbons (Fsp3) is 0.867. The van der Waals surface area contributed by atoms with E-state index in [0.717, 1.165) is 0 Å². The summed E-state index contributed by atoms with van der Waals surface area (Å²) in [7, 11) is -3.61. The molecule has 0 spiro atoms. The van der Waals surface area contributed by atoms with E-state index >= 15 is 0 Å². The van der Waals surface area contributed by atoms with E-state index in [-0.39, 0.29) is 17.8 Å². The number of ether oxygens (including phenoxy) is 1. The molecule has 0 aromatic carbocycles. The molecule has 1 aliphatic heterocycles. The lowest BCUT2D eigenvalue weighted by atomic mass is 10.1. The summed E-state index contributed by atoms with van der Waals surface area (Å²) in [6, 6.07) is 0. The second-order valence-corrected chi connectivity index (χ2v) is 10.4. The molecule has 2 rings (SSSR count). The fourth-order valence-electron chi connectivity index (χ4n) is 2.52. The van der Waals surface area contributed by atoms with Crippen molar-refractivity contribution in [3.05, 3.63) is 5.82 Å². The third-order valence-electron chi connectivity index (χ3n) is 4.36. The zero-order chi connectivity index (χ0) is 18.2. The van der Waals surface area contributed by atoms with E-state index in [2.05, 4.69) is 15.4 Å². The molecular formula is C15H26N4O4S. The van der Waals surface area contributed by atoms with E-state index in [1.807, 2.05) is 20.8 Å². The molecule has 0 amide bonds. The number of tetrazole rings is 1. The van der Waals surface area contributed by atoms with Crippen molar-refractivity contribution in [1.29, 1.82) is 0 Å². The fourth-order valence-corrected chi connectivity index (χ4v) is 4.55. The first-order valence-corrected chi connectivity index (χ1v) is 9.65. The Morgan fingerprint density at radius 2 is 1.79 bits per heavy atom. The van der Waals surface area contributed by atoms with Crippen LogP contribution in [-0.2, 0) is 31.3 Å². The number of Topliss-reactive ketones (excluding diaryl/α,β-unsaturated/α-hetero) is 1. The van der Waals surface area contributed by atoms with Gasteiger partial charge in [-0.05, 0) is 52.7 Å². The highest BCUT2D eigenvalue weighted by atomic mass is 32.2. The quantitative estimate of drug-likeness (QED) is 0.770. The van der Waals surface area contributed by atoms with E-state index in [4.69, 9.17) is 4.74 Å². The predicted molar refractivity (Wildman–Crippen MR) is 88.4 cm³/mol. The molecule has 24 heavy (non-hydrogen) atoms. The van der Waals surface area contributed by atoms with Crippen molar-refractivity contribution in [3.8, 4) is 0 Å². The minimum Gasteiger partial charge on any atom is -0.381 e.